The van der Waals surface area contributed by atoms with Crippen LogP contribution in [0, 0.1) is 6.92 Å². The van der Waals surface area contributed by atoms with Crippen LogP contribution in [-0.2, 0) is 5.75 Å². The van der Waals surface area contributed by atoms with Gasteiger partial charge in [-0.05, 0) is 42.8 Å². The molecule has 0 saturated carbocycles. The molecule has 0 aliphatic carbocycles. The number of hydrogen-bond acceptors (Lipinski definition) is 6. The molecular weight excluding hydrogens is 372 g/mol. The molecule has 0 aliphatic rings. The Hall–Kier alpha value is -3.26. The highest BCUT2D eigenvalue weighted by Crippen LogP contribution is 2.27. The third kappa shape index (κ3) is 3.72. The molecule has 0 saturated heterocycles. The fourth-order valence-electron chi connectivity index (χ4n) is 2.74. The normalized spacial score (nSPS) is 10.9. The Morgan fingerprint density at radius 2 is 1.82 bits per heavy atom. The largest absolute Gasteiger partial charge is 0.497 e. The first-order valence-electron chi connectivity index (χ1n) is 8.73. The van der Waals surface area contributed by atoms with E-state index in [0.717, 1.165) is 22.8 Å². The molecule has 0 aliphatic heterocycles. The summed E-state index contributed by atoms with van der Waals surface area (Å²) in [6, 6.07) is 18.0. The maximum absolute atomic E-state index is 6.22. The molecule has 7 nitrogen and oxygen atoms in total. The van der Waals surface area contributed by atoms with E-state index >= 15 is 0 Å². The van der Waals surface area contributed by atoms with Gasteiger partial charge in [-0.3, -0.25) is 5.10 Å². The van der Waals surface area contributed by atoms with Crippen molar-refractivity contribution in [3.63, 3.8) is 0 Å². The Bertz CT molecular complexity index is 1070. The maximum atomic E-state index is 6.22. The molecule has 0 fully saturated rings. The van der Waals surface area contributed by atoms with Gasteiger partial charge in [0.15, 0.2) is 0 Å². The Labute approximate surface area is 166 Å². The molecule has 0 radical (unpaired) electrons. The van der Waals surface area contributed by atoms with E-state index in [-0.39, 0.29) is 0 Å². The van der Waals surface area contributed by atoms with Gasteiger partial charge in [0.1, 0.15) is 11.4 Å². The van der Waals surface area contributed by atoms with Crippen molar-refractivity contribution in [3.05, 3.63) is 65.7 Å². The van der Waals surface area contributed by atoms with Crippen molar-refractivity contribution in [1.82, 2.24) is 25.1 Å². The molecule has 0 atom stereocenters. The standard InChI is InChI=1S/C20H20N6OS/c1-13-3-5-14(6-4-13)12-28-20-25-24-19(26(20)21)18-11-17(22-23-18)15-7-9-16(27-2)10-8-15/h3-11H,12,21H2,1-2H3,(H,22,23). The number of aromatic nitrogens is 5. The summed E-state index contributed by atoms with van der Waals surface area (Å²) in [6.07, 6.45) is 0. The molecule has 142 valence electrons. The van der Waals surface area contributed by atoms with Crippen LogP contribution in [0.1, 0.15) is 11.1 Å². The van der Waals surface area contributed by atoms with Gasteiger partial charge in [0.05, 0.1) is 12.8 Å². The highest BCUT2D eigenvalue weighted by atomic mass is 32.2. The molecule has 8 heteroatoms. The smallest absolute Gasteiger partial charge is 0.210 e. The Morgan fingerprint density at radius 1 is 1.07 bits per heavy atom. The van der Waals surface area contributed by atoms with Gasteiger partial charge in [-0.15, -0.1) is 10.2 Å². The number of nitrogen functional groups attached to an aromatic ring is 1. The third-order valence-electron chi connectivity index (χ3n) is 4.36. The number of nitrogens with two attached hydrogens (primary N) is 1. The van der Waals surface area contributed by atoms with Gasteiger partial charge in [-0.1, -0.05) is 41.6 Å². The number of hydrogen-bond donors (Lipinski definition) is 2. The van der Waals surface area contributed by atoms with Crippen LogP contribution in [0.3, 0.4) is 0 Å². The highest BCUT2D eigenvalue weighted by Gasteiger charge is 2.15. The summed E-state index contributed by atoms with van der Waals surface area (Å²) in [4.78, 5) is 0. The van der Waals surface area contributed by atoms with Crippen molar-refractivity contribution in [2.45, 2.75) is 17.8 Å². The van der Waals surface area contributed by atoms with Gasteiger partial charge in [0, 0.05) is 11.3 Å². The number of thioether (sulfide) groups is 1. The van der Waals surface area contributed by atoms with Gasteiger partial charge in [-0.25, -0.2) is 4.68 Å². The van der Waals surface area contributed by atoms with E-state index in [9.17, 15) is 0 Å². The van der Waals surface area contributed by atoms with Crippen molar-refractivity contribution >= 4 is 11.8 Å². The van der Waals surface area contributed by atoms with Crippen molar-refractivity contribution in [2.24, 2.45) is 0 Å². The van der Waals surface area contributed by atoms with Crippen LogP contribution < -0.4 is 10.6 Å². The summed E-state index contributed by atoms with van der Waals surface area (Å²) in [6.45, 7) is 2.07. The molecule has 0 amide bonds. The lowest BCUT2D eigenvalue weighted by atomic mass is 10.1. The first kappa shape index (κ1) is 18.1. The summed E-state index contributed by atoms with van der Waals surface area (Å²) >= 11 is 1.54. The molecule has 4 rings (SSSR count). The Kier molecular flexibility index (Phi) is 5.03. The predicted octanol–water partition coefficient (Wildman–Crippen LogP) is 3.66. The molecule has 2 aromatic heterocycles. The second kappa shape index (κ2) is 7.77. The molecule has 2 aromatic carbocycles. The van der Waals surface area contributed by atoms with E-state index in [4.69, 9.17) is 10.6 Å². The minimum Gasteiger partial charge on any atom is -0.497 e. The topological polar surface area (TPSA) is 94.6 Å². The fraction of sp³-hybridized carbons (Fsp3) is 0.150. The minimum atomic E-state index is 0.540. The third-order valence-corrected chi connectivity index (χ3v) is 5.37. The van der Waals surface area contributed by atoms with E-state index in [1.807, 2.05) is 30.3 Å². The summed E-state index contributed by atoms with van der Waals surface area (Å²) in [5.74, 6) is 8.33. The number of benzene rings is 2. The van der Waals surface area contributed by atoms with Crippen LogP contribution in [0.5, 0.6) is 5.75 Å². The van der Waals surface area contributed by atoms with Gasteiger partial charge < -0.3 is 10.6 Å². The van der Waals surface area contributed by atoms with Crippen LogP contribution in [0.25, 0.3) is 22.8 Å². The molecule has 0 spiro atoms. The van der Waals surface area contributed by atoms with Crippen LogP contribution >= 0.6 is 11.8 Å². The first-order chi connectivity index (χ1) is 13.6. The molecule has 0 unspecified atom stereocenters. The average Bonchev–Trinajstić information content (AvgIpc) is 3.34. The van der Waals surface area contributed by atoms with E-state index in [1.54, 1.807) is 18.9 Å². The van der Waals surface area contributed by atoms with Crippen LogP contribution in [0.2, 0.25) is 0 Å². The lowest BCUT2D eigenvalue weighted by Crippen LogP contribution is -2.11. The lowest BCUT2D eigenvalue weighted by Gasteiger charge is -2.03. The quantitative estimate of drug-likeness (QED) is 0.384. The van der Waals surface area contributed by atoms with Crippen molar-refractivity contribution in [1.29, 1.82) is 0 Å². The average molecular weight is 392 g/mol. The molecule has 0 bridgehead atoms. The second-order valence-corrected chi connectivity index (χ2v) is 7.29. The van der Waals surface area contributed by atoms with E-state index < -0.39 is 0 Å². The Morgan fingerprint density at radius 3 is 2.54 bits per heavy atom. The zero-order valence-electron chi connectivity index (χ0n) is 15.6. The number of methoxy groups -OCH3 is 1. The van der Waals surface area contributed by atoms with E-state index in [0.29, 0.717) is 16.7 Å². The minimum absolute atomic E-state index is 0.540. The van der Waals surface area contributed by atoms with Gasteiger partial charge in [0.2, 0.25) is 11.0 Å². The van der Waals surface area contributed by atoms with E-state index in [1.165, 1.54) is 15.8 Å². The van der Waals surface area contributed by atoms with Gasteiger partial charge in [0.25, 0.3) is 0 Å². The summed E-state index contributed by atoms with van der Waals surface area (Å²) in [5.41, 5.74) is 4.94. The second-order valence-electron chi connectivity index (χ2n) is 6.35. The lowest BCUT2D eigenvalue weighted by molar-refractivity contribution is 0.415. The molecule has 4 aromatic rings. The fourth-order valence-corrected chi connectivity index (χ4v) is 3.55. The van der Waals surface area contributed by atoms with Gasteiger partial charge >= 0.3 is 0 Å². The van der Waals surface area contributed by atoms with Crippen molar-refractivity contribution in [2.75, 3.05) is 13.0 Å². The summed E-state index contributed by atoms with van der Waals surface area (Å²) in [7, 11) is 1.64. The number of ether oxygens (including phenoxy) is 1. The highest BCUT2D eigenvalue weighted by molar-refractivity contribution is 7.98. The predicted molar refractivity (Wildman–Crippen MR) is 110 cm³/mol. The van der Waals surface area contributed by atoms with E-state index in [2.05, 4.69) is 51.6 Å². The number of rotatable bonds is 6. The molecular formula is C20H20N6OS. The van der Waals surface area contributed by atoms with Crippen molar-refractivity contribution < 1.29 is 4.74 Å². The van der Waals surface area contributed by atoms with Crippen LogP contribution in [0.4, 0.5) is 0 Å². The maximum Gasteiger partial charge on any atom is 0.210 e. The zero-order chi connectivity index (χ0) is 19.5. The van der Waals surface area contributed by atoms with Crippen LogP contribution in [-0.4, -0.2) is 32.2 Å². The molecule has 2 heterocycles. The SMILES string of the molecule is COc1ccc(-c2cc(-c3nnc(SCc4ccc(C)cc4)n3N)[nH]n2)cc1. The number of H-pyrrole nitrogens is 1. The van der Waals surface area contributed by atoms with Crippen LogP contribution in [0.15, 0.2) is 59.8 Å². The molecule has 3 N–H and O–H groups in total. The number of aromatic amines is 1. The first-order valence-corrected chi connectivity index (χ1v) is 9.71. The number of nitrogens with one attached hydrogen (secondary N) is 1. The monoisotopic (exact) mass is 392 g/mol. The number of nitrogens with zero attached hydrogens (tertiary/aromatic N) is 4. The number of aryl methyl sites for hydroxylation is 1. The molecule has 28 heavy (non-hydrogen) atoms. The summed E-state index contributed by atoms with van der Waals surface area (Å²) in [5, 5.41) is 16.4. The Balaban J connectivity index is 1.50. The summed E-state index contributed by atoms with van der Waals surface area (Å²) < 4.78 is 6.68. The van der Waals surface area contributed by atoms with Gasteiger partial charge in [-0.2, -0.15) is 5.10 Å². The zero-order valence-corrected chi connectivity index (χ0v) is 16.4. The van der Waals surface area contributed by atoms with Crippen molar-refractivity contribution in [3.8, 4) is 28.5 Å².